The maximum Gasteiger partial charge on any atom is 0.0914 e. The summed E-state index contributed by atoms with van der Waals surface area (Å²) in [5, 5.41) is 1.59. The molecule has 1 heteroatoms. The van der Waals surface area contributed by atoms with Gasteiger partial charge in [0.15, 0.2) is 0 Å². The van der Waals surface area contributed by atoms with Crippen LogP contribution in [0.4, 0.5) is 0 Å². The van der Waals surface area contributed by atoms with Gasteiger partial charge in [0.2, 0.25) is 0 Å². The summed E-state index contributed by atoms with van der Waals surface area (Å²) >= 11 is 0. The van der Waals surface area contributed by atoms with E-state index in [1.54, 1.807) is 5.30 Å². The summed E-state index contributed by atoms with van der Waals surface area (Å²) in [7, 11) is -0.201. The average Bonchev–Trinajstić information content (AvgIpc) is 2.09. The molecule has 1 rings (SSSR count). The maximum absolute atomic E-state index is 2.30. The van der Waals surface area contributed by atoms with E-state index in [0.29, 0.717) is 0 Å². The number of hydrogen-bond acceptors (Lipinski definition) is 0. The standard InChI is InChI=1S/C10H15P/c1-3-11(4-2)10-8-6-5-7-9-10/h5-9H,3-4H2,1-2H3/p+1. The minimum atomic E-state index is -0.201. The van der Waals surface area contributed by atoms with Crippen LogP contribution in [0.25, 0.3) is 0 Å². The minimum absolute atomic E-state index is 0.201. The van der Waals surface area contributed by atoms with E-state index >= 15 is 0 Å². The van der Waals surface area contributed by atoms with Crippen LogP contribution in [0.3, 0.4) is 0 Å². The minimum Gasteiger partial charge on any atom is -0.0620 e. The molecule has 0 atom stereocenters. The van der Waals surface area contributed by atoms with Crippen LogP contribution in [0.5, 0.6) is 0 Å². The van der Waals surface area contributed by atoms with Gasteiger partial charge in [-0.1, -0.05) is 18.2 Å². The van der Waals surface area contributed by atoms with Crippen molar-refractivity contribution >= 4 is 13.2 Å². The van der Waals surface area contributed by atoms with E-state index in [4.69, 9.17) is 0 Å². The summed E-state index contributed by atoms with van der Waals surface area (Å²) in [4.78, 5) is 0. The Morgan fingerprint density at radius 2 is 1.55 bits per heavy atom. The molecule has 0 aliphatic carbocycles. The topological polar surface area (TPSA) is 0 Å². The fraction of sp³-hybridized carbons (Fsp3) is 0.400. The van der Waals surface area contributed by atoms with E-state index in [9.17, 15) is 0 Å². The van der Waals surface area contributed by atoms with Crippen LogP contribution in [-0.2, 0) is 0 Å². The molecule has 0 heterocycles. The molecule has 0 spiro atoms. The first-order valence-electron chi connectivity index (χ1n) is 4.28. The van der Waals surface area contributed by atoms with Crippen LogP contribution in [0, 0.1) is 0 Å². The summed E-state index contributed by atoms with van der Waals surface area (Å²) in [5.74, 6) is 0. The molecule has 0 aliphatic rings. The zero-order valence-electron chi connectivity index (χ0n) is 7.30. The highest BCUT2D eigenvalue weighted by molar-refractivity contribution is 7.65. The quantitative estimate of drug-likeness (QED) is 0.607. The fourth-order valence-electron chi connectivity index (χ4n) is 1.33. The predicted octanol–water partition coefficient (Wildman–Crippen LogP) is 2.57. The third-order valence-electron chi connectivity index (χ3n) is 2.04. The van der Waals surface area contributed by atoms with Gasteiger partial charge in [-0.3, -0.25) is 0 Å². The van der Waals surface area contributed by atoms with E-state index < -0.39 is 0 Å². The largest absolute Gasteiger partial charge is 0.0914 e. The molecule has 0 radical (unpaired) electrons. The summed E-state index contributed by atoms with van der Waals surface area (Å²) in [6, 6.07) is 10.9. The highest BCUT2D eigenvalue weighted by Crippen LogP contribution is 2.32. The second kappa shape index (κ2) is 4.51. The predicted molar refractivity (Wildman–Crippen MR) is 55.5 cm³/mol. The molecule has 0 bridgehead atoms. The van der Waals surface area contributed by atoms with Gasteiger partial charge in [-0.15, -0.1) is 0 Å². The Morgan fingerprint density at radius 3 is 2.00 bits per heavy atom. The van der Waals surface area contributed by atoms with Crippen molar-refractivity contribution in [2.75, 3.05) is 12.3 Å². The Hall–Kier alpha value is -0.350. The number of hydrogen-bond donors (Lipinski definition) is 0. The Kier molecular flexibility index (Phi) is 3.59. The average molecular weight is 167 g/mol. The van der Waals surface area contributed by atoms with Gasteiger partial charge in [0.05, 0.1) is 17.6 Å². The molecular weight excluding hydrogens is 151 g/mol. The van der Waals surface area contributed by atoms with Crippen molar-refractivity contribution in [3.05, 3.63) is 30.3 Å². The first kappa shape index (κ1) is 8.74. The molecule has 0 aromatic heterocycles. The van der Waals surface area contributed by atoms with E-state index in [-0.39, 0.29) is 7.92 Å². The van der Waals surface area contributed by atoms with Crippen LogP contribution in [0.1, 0.15) is 13.8 Å². The SMILES string of the molecule is CC[PH+](CC)c1ccccc1. The summed E-state index contributed by atoms with van der Waals surface area (Å²) in [6.07, 6.45) is 2.70. The fourth-order valence-corrected chi connectivity index (χ4v) is 3.31. The third-order valence-corrected chi connectivity index (χ3v) is 4.89. The lowest BCUT2D eigenvalue weighted by Gasteiger charge is -2.03. The van der Waals surface area contributed by atoms with Crippen molar-refractivity contribution < 1.29 is 0 Å². The van der Waals surface area contributed by atoms with Crippen molar-refractivity contribution in [3.8, 4) is 0 Å². The number of rotatable bonds is 3. The summed E-state index contributed by atoms with van der Waals surface area (Å²) in [5.41, 5.74) is 0. The molecule has 11 heavy (non-hydrogen) atoms. The van der Waals surface area contributed by atoms with E-state index in [1.165, 1.54) is 12.3 Å². The molecule has 0 amide bonds. The van der Waals surface area contributed by atoms with Gasteiger partial charge >= 0.3 is 0 Å². The third kappa shape index (κ3) is 2.31. The Balaban J connectivity index is 2.74. The molecule has 0 nitrogen and oxygen atoms in total. The van der Waals surface area contributed by atoms with E-state index in [0.717, 1.165) is 0 Å². The van der Waals surface area contributed by atoms with Crippen molar-refractivity contribution in [2.24, 2.45) is 0 Å². The molecule has 0 unspecified atom stereocenters. The van der Waals surface area contributed by atoms with Crippen LogP contribution in [0.15, 0.2) is 30.3 Å². The first-order chi connectivity index (χ1) is 5.38. The van der Waals surface area contributed by atoms with Gasteiger partial charge in [0.1, 0.15) is 0 Å². The van der Waals surface area contributed by atoms with Gasteiger partial charge in [0.25, 0.3) is 0 Å². The van der Waals surface area contributed by atoms with Gasteiger partial charge in [-0.25, -0.2) is 0 Å². The monoisotopic (exact) mass is 167 g/mol. The molecular formula is C10H16P+. The van der Waals surface area contributed by atoms with Crippen molar-refractivity contribution in [3.63, 3.8) is 0 Å². The molecule has 0 aliphatic heterocycles. The zero-order valence-corrected chi connectivity index (χ0v) is 8.30. The smallest absolute Gasteiger partial charge is 0.0620 e. The highest BCUT2D eigenvalue weighted by atomic mass is 31.1. The molecule has 0 N–H and O–H groups in total. The molecule has 60 valence electrons. The Bertz CT molecular complexity index is 189. The lowest BCUT2D eigenvalue weighted by atomic mass is 10.4. The lowest BCUT2D eigenvalue weighted by molar-refractivity contribution is 1.42. The second-order valence-electron chi connectivity index (χ2n) is 2.68. The maximum atomic E-state index is 2.30. The van der Waals surface area contributed by atoms with Crippen molar-refractivity contribution in [2.45, 2.75) is 13.8 Å². The van der Waals surface area contributed by atoms with Gasteiger partial charge in [0, 0.05) is 7.92 Å². The molecule has 1 aromatic carbocycles. The summed E-state index contributed by atoms with van der Waals surface area (Å²) in [6.45, 7) is 4.59. The van der Waals surface area contributed by atoms with E-state index in [1.807, 2.05) is 0 Å². The highest BCUT2D eigenvalue weighted by Gasteiger charge is 2.11. The van der Waals surface area contributed by atoms with E-state index in [2.05, 4.69) is 44.2 Å². The van der Waals surface area contributed by atoms with Crippen LogP contribution in [-0.4, -0.2) is 12.3 Å². The zero-order chi connectivity index (χ0) is 8.10. The van der Waals surface area contributed by atoms with Crippen LogP contribution < -0.4 is 5.30 Å². The molecule has 1 aromatic rings. The van der Waals surface area contributed by atoms with Gasteiger partial charge < -0.3 is 0 Å². The molecule has 0 fully saturated rings. The van der Waals surface area contributed by atoms with Crippen LogP contribution >= 0.6 is 7.92 Å². The van der Waals surface area contributed by atoms with Crippen molar-refractivity contribution in [1.29, 1.82) is 0 Å². The summed E-state index contributed by atoms with van der Waals surface area (Å²) < 4.78 is 0. The number of benzene rings is 1. The molecule has 0 saturated carbocycles. The van der Waals surface area contributed by atoms with Gasteiger partial charge in [-0.05, 0) is 26.0 Å². The van der Waals surface area contributed by atoms with Crippen LogP contribution in [0.2, 0.25) is 0 Å². The first-order valence-corrected chi connectivity index (χ1v) is 6.20. The van der Waals surface area contributed by atoms with Gasteiger partial charge in [-0.2, -0.15) is 0 Å². The Labute approximate surface area is 70.4 Å². The second-order valence-corrected chi connectivity index (χ2v) is 5.88. The molecule has 0 saturated heterocycles. The van der Waals surface area contributed by atoms with Crippen molar-refractivity contribution in [1.82, 2.24) is 0 Å². The Morgan fingerprint density at radius 1 is 1.00 bits per heavy atom. The normalized spacial score (nSPS) is 10.5. The lowest BCUT2D eigenvalue weighted by Crippen LogP contribution is -2.02.